The Labute approximate surface area is 194 Å². The van der Waals surface area contributed by atoms with Crippen molar-refractivity contribution in [2.24, 2.45) is 0 Å². The maximum atomic E-state index is 2.54. The minimum absolute atomic E-state index is 0.220. The minimum atomic E-state index is 0.220. The van der Waals surface area contributed by atoms with Crippen LogP contribution in [-0.2, 0) is 0 Å². The third-order valence-corrected chi connectivity index (χ3v) is 6.80. The van der Waals surface area contributed by atoms with Crippen LogP contribution in [0.5, 0.6) is 0 Å². The van der Waals surface area contributed by atoms with Crippen LogP contribution in [0.3, 0.4) is 0 Å². The van der Waals surface area contributed by atoms with Crippen molar-refractivity contribution in [3.8, 4) is 0 Å². The first-order chi connectivity index (χ1) is 16.3. The molecule has 1 heterocycles. The fourth-order valence-electron chi connectivity index (χ4n) is 5.20. The molecule has 0 spiro atoms. The lowest BCUT2D eigenvalue weighted by Crippen LogP contribution is -2.45. The van der Waals surface area contributed by atoms with Gasteiger partial charge in [-0.3, -0.25) is 0 Å². The van der Waals surface area contributed by atoms with Crippen molar-refractivity contribution in [2.75, 3.05) is 0 Å². The van der Waals surface area contributed by atoms with E-state index in [4.69, 9.17) is 0 Å². The third-order valence-electron chi connectivity index (χ3n) is 6.80. The predicted molar refractivity (Wildman–Crippen MR) is 138 cm³/mol. The van der Waals surface area contributed by atoms with E-state index >= 15 is 0 Å². The van der Waals surface area contributed by atoms with Crippen LogP contribution in [0, 0.1) is 6.92 Å². The van der Waals surface area contributed by atoms with Gasteiger partial charge < -0.3 is 0 Å². The van der Waals surface area contributed by atoms with Crippen LogP contribution in [0.25, 0.3) is 16.3 Å². The Morgan fingerprint density at radius 1 is 0.636 bits per heavy atom. The summed E-state index contributed by atoms with van der Waals surface area (Å²) in [5, 5.41) is 5.23. The highest BCUT2D eigenvalue weighted by Gasteiger charge is 2.32. The summed E-state index contributed by atoms with van der Waals surface area (Å²) < 4.78 is 2.54. The van der Waals surface area contributed by atoms with Gasteiger partial charge in [0.15, 0.2) is 6.04 Å². The summed E-state index contributed by atoms with van der Waals surface area (Å²) in [5.74, 6) is 0. The van der Waals surface area contributed by atoms with Crippen LogP contribution in [0.1, 0.15) is 29.2 Å². The van der Waals surface area contributed by atoms with Gasteiger partial charge in [-0.05, 0) is 34.9 Å². The Morgan fingerprint density at radius 3 is 2.06 bits per heavy atom. The third kappa shape index (κ3) is 3.47. The molecule has 1 atom stereocenters. The first-order valence-electron chi connectivity index (χ1n) is 11.6. The molecule has 6 rings (SSSR count). The van der Waals surface area contributed by atoms with Crippen LogP contribution in [0.2, 0.25) is 0 Å². The molecule has 1 nitrogen and oxygen atoms in total. The molecule has 1 aliphatic rings. The van der Waals surface area contributed by atoms with Crippen molar-refractivity contribution in [2.45, 2.75) is 19.4 Å². The summed E-state index contributed by atoms with van der Waals surface area (Å²) in [6.07, 6.45) is 0.947. The maximum absolute atomic E-state index is 2.54. The maximum Gasteiger partial charge on any atom is 0.214 e. The number of fused-ring (bicyclic) bond motifs is 3. The standard InChI is InChI=1S/C32H26N/c1-23-16-19-27(20-17-23)33-30-21-18-25-12-8-9-15-28(25)32(30)29(24-10-4-2-5-11-24)22-31(33)26-13-6-3-7-14-26/h2-21,31H,22H2,1H3/q+1. The molecule has 0 N–H and O–H groups in total. The summed E-state index contributed by atoms with van der Waals surface area (Å²) in [6.45, 7) is 2.15. The van der Waals surface area contributed by atoms with Gasteiger partial charge in [0.2, 0.25) is 11.0 Å². The normalized spacial score (nSPS) is 15.5. The van der Waals surface area contributed by atoms with Crippen molar-refractivity contribution < 1.29 is 0 Å². The van der Waals surface area contributed by atoms with Crippen LogP contribution < -0.4 is 15.2 Å². The van der Waals surface area contributed by atoms with E-state index < -0.39 is 0 Å². The number of hydrogen-bond acceptors (Lipinski definition) is 0. The Morgan fingerprint density at radius 2 is 1.30 bits per heavy atom. The van der Waals surface area contributed by atoms with Gasteiger partial charge in [-0.1, -0.05) is 103 Å². The first-order valence-corrected chi connectivity index (χ1v) is 11.6. The molecule has 1 aliphatic heterocycles. The molecule has 0 aromatic heterocycles. The molecule has 0 fully saturated rings. The van der Waals surface area contributed by atoms with E-state index in [9.17, 15) is 0 Å². The highest BCUT2D eigenvalue weighted by molar-refractivity contribution is 5.87. The lowest BCUT2D eigenvalue weighted by atomic mass is 9.87. The van der Waals surface area contributed by atoms with Gasteiger partial charge in [0, 0.05) is 30.2 Å². The summed E-state index contributed by atoms with van der Waals surface area (Å²) in [4.78, 5) is 0. The zero-order chi connectivity index (χ0) is 22.2. The van der Waals surface area contributed by atoms with Gasteiger partial charge in [-0.25, -0.2) is 0 Å². The molecule has 0 saturated carbocycles. The number of rotatable bonds is 3. The minimum Gasteiger partial charge on any atom is -0.184 e. The van der Waals surface area contributed by atoms with Crippen LogP contribution in [-0.4, -0.2) is 0 Å². The molecule has 158 valence electrons. The van der Waals surface area contributed by atoms with Gasteiger partial charge >= 0.3 is 0 Å². The van der Waals surface area contributed by atoms with Gasteiger partial charge in [-0.15, -0.1) is 0 Å². The van der Waals surface area contributed by atoms with E-state index in [1.165, 1.54) is 49.3 Å². The molecule has 0 aliphatic carbocycles. The highest BCUT2D eigenvalue weighted by Crippen LogP contribution is 2.33. The zero-order valence-electron chi connectivity index (χ0n) is 18.8. The summed E-state index contributed by atoms with van der Waals surface area (Å²) in [5.41, 5.74) is 6.57. The lowest BCUT2D eigenvalue weighted by Gasteiger charge is -2.23. The van der Waals surface area contributed by atoms with Crippen molar-refractivity contribution in [3.05, 3.63) is 149 Å². The second-order valence-corrected chi connectivity index (χ2v) is 8.86. The Bertz CT molecular complexity index is 1560. The average Bonchev–Trinajstić information content (AvgIpc) is 2.89. The zero-order valence-corrected chi connectivity index (χ0v) is 18.8. The van der Waals surface area contributed by atoms with E-state index in [0.29, 0.717) is 0 Å². The molecule has 1 unspecified atom stereocenters. The molecule has 0 bridgehead atoms. The predicted octanol–water partition coefficient (Wildman–Crippen LogP) is 6.32. The van der Waals surface area contributed by atoms with Gasteiger partial charge in [-0.2, -0.15) is 4.58 Å². The fourth-order valence-corrected chi connectivity index (χ4v) is 5.20. The molecule has 5 aromatic rings. The molecular weight excluding hydrogens is 398 g/mol. The quantitative estimate of drug-likeness (QED) is 0.298. The topological polar surface area (TPSA) is 3.01 Å². The molecule has 0 amide bonds. The summed E-state index contributed by atoms with van der Waals surface area (Å²) >= 11 is 0. The lowest BCUT2D eigenvalue weighted by molar-refractivity contribution is 0.543. The largest absolute Gasteiger partial charge is 0.214 e. The van der Waals surface area contributed by atoms with Gasteiger partial charge in [0.1, 0.15) is 0 Å². The fraction of sp³-hybridized carbons (Fsp3) is 0.0938. The second-order valence-electron chi connectivity index (χ2n) is 8.86. The number of hydrogen-bond donors (Lipinski definition) is 0. The van der Waals surface area contributed by atoms with Crippen LogP contribution in [0.4, 0.5) is 5.69 Å². The molecule has 0 saturated heterocycles. The molecule has 33 heavy (non-hydrogen) atoms. The Kier molecular flexibility index (Phi) is 4.88. The molecular formula is C32H26N+. The van der Waals surface area contributed by atoms with E-state index in [1.54, 1.807) is 0 Å². The summed E-state index contributed by atoms with van der Waals surface area (Å²) in [7, 11) is 0. The van der Waals surface area contributed by atoms with Gasteiger partial charge in [0.05, 0.1) is 5.22 Å². The van der Waals surface area contributed by atoms with Crippen molar-refractivity contribution in [1.29, 1.82) is 0 Å². The second kappa shape index (κ2) is 8.18. The number of nitrogens with zero attached hydrogens (tertiary/aromatic N) is 1. The van der Waals surface area contributed by atoms with Crippen molar-refractivity contribution in [1.82, 2.24) is 4.58 Å². The number of benzene rings is 5. The number of aryl methyl sites for hydroxylation is 1. The Balaban J connectivity index is 1.80. The first kappa shape index (κ1) is 19.7. The van der Waals surface area contributed by atoms with E-state index in [0.717, 1.165) is 6.42 Å². The molecule has 0 radical (unpaired) electrons. The average molecular weight is 425 g/mol. The van der Waals surface area contributed by atoms with Crippen molar-refractivity contribution >= 4 is 22.0 Å². The molecule has 1 heteroatoms. The smallest absolute Gasteiger partial charge is 0.184 e. The summed E-state index contributed by atoms with van der Waals surface area (Å²) in [6, 6.07) is 44.4. The van der Waals surface area contributed by atoms with Crippen LogP contribution >= 0.6 is 0 Å². The van der Waals surface area contributed by atoms with E-state index in [-0.39, 0.29) is 6.04 Å². The SMILES string of the molecule is Cc1ccc([N+]2=c3ccc4ccccc4c3=C(c3ccccc3)CC2c2ccccc2)cc1. The van der Waals surface area contributed by atoms with E-state index in [1.807, 2.05) is 0 Å². The van der Waals surface area contributed by atoms with E-state index in [2.05, 4.69) is 133 Å². The van der Waals surface area contributed by atoms with Crippen LogP contribution in [0.15, 0.2) is 121 Å². The molecule has 5 aromatic carbocycles. The van der Waals surface area contributed by atoms with Gasteiger partial charge in [0.25, 0.3) is 0 Å². The Hall–Kier alpha value is -3.97. The monoisotopic (exact) mass is 424 g/mol. The van der Waals surface area contributed by atoms with Crippen molar-refractivity contribution in [3.63, 3.8) is 0 Å². The highest BCUT2D eigenvalue weighted by atomic mass is 15.1.